The highest BCUT2D eigenvalue weighted by Gasteiger charge is 2.52. The van der Waals surface area contributed by atoms with E-state index < -0.39 is 93.2 Å². The Morgan fingerprint density at radius 3 is 1.95 bits per heavy atom. The van der Waals surface area contributed by atoms with Crippen LogP contribution in [0.3, 0.4) is 0 Å². The maximum Gasteiger partial charge on any atom is 0.534 e. The molecule has 19 heteroatoms. The number of nitro benzene ring substituents is 1. The van der Waals surface area contributed by atoms with Crippen molar-refractivity contribution in [2.24, 2.45) is 4.99 Å². The van der Waals surface area contributed by atoms with Gasteiger partial charge in [-0.3, -0.25) is 15.1 Å². The van der Waals surface area contributed by atoms with Gasteiger partial charge in [-0.2, -0.15) is 26.5 Å². The number of hydrogen-bond donors (Lipinski definition) is 0. The molecule has 0 saturated carbocycles. The van der Waals surface area contributed by atoms with Gasteiger partial charge in [0.2, 0.25) is 0 Å². The number of aliphatic imine (C=N–C) groups is 1. The lowest BCUT2D eigenvalue weighted by Crippen LogP contribution is -2.56. The lowest BCUT2D eigenvalue weighted by Gasteiger charge is -2.37. The van der Waals surface area contributed by atoms with Gasteiger partial charge < -0.3 is 13.7 Å². The maximum atomic E-state index is 13.4. The van der Waals surface area contributed by atoms with Gasteiger partial charge in [0.1, 0.15) is 33.6 Å². The number of non-ortho nitro benzene ring substituents is 1. The van der Waals surface area contributed by atoms with Crippen molar-refractivity contribution in [1.29, 1.82) is 0 Å². The third-order valence-corrected chi connectivity index (χ3v) is 8.58. The van der Waals surface area contributed by atoms with E-state index in [0.29, 0.717) is 18.2 Å². The first-order valence-electron chi connectivity index (χ1n) is 12.0. The number of nitrogens with zero attached hydrogens (tertiary/aromatic N) is 3. The third kappa shape index (κ3) is 7.87. The average Bonchev–Trinajstić information content (AvgIpc) is 2.73. The zero-order chi connectivity index (χ0) is 32.9. The van der Waals surface area contributed by atoms with Crippen molar-refractivity contribution in [2.75, 3.05) is 5.75 Å². The highest BCUT2D eigenvalue weighted by Crippen LogP contribution is 2.42. The zero-order valence-corrected chi connectivity index (χ0v) is 25.4. The topological polar surface area (TPSA) is 189 Å². The van der Waals surface area contributed by atoms with Crippen molar-refractivity contribution in [3.63, 3.8) is 0 Å². The van der Waals surface area contributed by atoms with E-state index in [9.17, 15) is 49.7 Å². The van der Waals surface area contributed by atoms with Gasteiger partial charge in [-0.1, -0.05) is 0 Å². The summed E-state index contributed by atoms with van der Waals surface area (Å²) in [4.78, 5) is 41.3. The summed E-state index contributed by atoms with van der Waals surface area (Å²) in [6.07, 6.45) is -2.84. The molecule has 2 rings (SSSR count). The minimum atomic E-state index is -6.34. The summed E-state index contributed by atoms with van der Waals surface area (Å²) in [5, 5.41) is 9.76. The zero-order valence-electron chi connectivity index (χ0n) is 23.8. The second-order valence-electron chi connectivity index (χ2n) is 11.4. The number of carbonyl (C=O) groups excluding carboxylic acids is 2. The molecule has 236 valence electrons. The standard InChI is InChI=1S/C23H30F3N3O11S2/c1-13-17(28(18(30)38-20(2,3)4)19(31)39-21(5,6)7)27-22(8,12-41(13,34)35)15-11-14(29(32)33)9-10-16(15)40-42(36,37)23(24,25)26/h9-11,13H,12H2,1-8H3/t13?,22-/m0/s1. The summed E-state index contributed by atoms with van der Waals surface area (Å²) in [6, 6.07) is 1.74. The van der Waals surface area contributed by atoms with Gasteiger partial charge in [-0.15, -0.1) is 0 Å². The Morgan fingerprint density at radius 2 is 1.55 bits per heavy atom. The van der Waals surface area contributed by atoms with E-state index in [2.05, 4.69) is 9.18 Å². The number of sulfone groups is 1. The van der Waals surface area contributed by atoms with Crippen molar-refractivity contribution < 1.29 is 58.2 Å². The number of halogens is 3. The fraction of sp³-hybridized carbons (Fsp3) is 0.609. The van der Waals surface area contributed by atoms with Crippen LogP contribution in [0.1, 0.15) is 61.0 Å². The molecule has 1 unspecified atom stereocenters. The van der Waals surface area contributed by atoms with E-state index >= 15 is 0 Å². The predicted octanol–water partition coefficient (Wildman–Crippen LogP) is 4.43. The van der Waals surface area contributed by atoms with E-state index in [1.54, 1.807) is 0 Å². The fourth-order valence-corrected chi connectivity index (χ4v) is 5.80. The molecule has 1 aromatic carbocycles. The van der Waals surface area contributed by atoms with E-state index in [-0.39, 0.29) is 4.90 Å². The Kier molecular flexibility index (Phi) is 9.07. The van der Waals surface area contributed by atoms with E-state index in [0.717, 1.165) is 13.8 Å². The first-order valence-corrected chi connectivity index (χ1v) is 15.1. The van der Waals surface area contributed by atoms with Gasteiger partial charge in [0.15, 0.2) is 9.84 Å². The molecule has 1 aliphatic rings. The molecule has 0 aromatic heterocycles. The third-order valence-electron chi connectivity index (χ3n) is 5.36. The molecule has 0 radical (unpaired) electrons. The molecule has 0 saturated heterocycles. The molecule has 1 aliphatic heterocycles. The van der Waals surface area contributed by atoms with Crippen molar-refractivity contribution in [2.45, 2.75) is 82.9 Å². The number of rotatable bonds is 4. The maximum absolute atomic E-state index is 13.4. The van der Waals surface area contributed by atoms with Gasteiger partial charge in [-0.05, 0) is 61.5 Å². The van der Waals surface area contributed by atoms with Crippen LogP contribution in [0.15, 0.2) is 23.2 Å². The largest absolute Gasteiger partial charge is 0.534 e. The monoisotopic (exact) mass is 645 g/mol. The lowest BCUT2D eigenvalue weighted by atomic mass is 9.93. The molecule has 2 amide bonds. The number of nitro groups is 1. The quantitative estimate of drug-likeness (QED) is 0.195. The summed E-state index contributed by atoms with van der Waals surface area (Å²) in [6.45, 7) is 10.7. The van der Waals surface area contributed by atoms with Gasteiger partial charge in [0.05, 0.1) is 10.7 Å². The Balaban J connectivity index is 2.95. The number of benzene rings is 1. The van der Waals surface area contributed by atoms with Crippen LogP contribution in [0.2, 0.25) is 0 Å². The van der Waals surface area contributed by atoms with Crippen molar-refractivity contribution in [1.82, 2.24) is 4.90 Å². The molecule has 1 heterocycles. The summed E-state index contributed by atoms with van der Waals surface area (Å²) in [5.41, 5.74) is -12.3. The van der Waals surface area contributed by atoms with E-state index in [1.807, 2.05) is 0 Å². The van der Waals surface area contributed by atoms with Gasteiger partial charge in [0.25, 0.3) is 5.69 Å². The Labute approximate surface area is 240 Å². The molecule has 14 nitrogen and oxygen atoms in total. The number of ether oxygens (including phenoxy) is 2. The predicted molar refractivity (Wildman–Crippen MR) is 141 cm³/mol. The SMILES string of the molecule is CC1C(N(C(=O)OC(C)(C)C)C(=O)OC(C)(C)C)=N[C@](C)(c2cc([N+](=O)[O-])ccc2OS(=O)(=O)C(F)(F)F)CS1(=O)=O. The number of hydrogen-bond acceptors (Lipinski definition) is 12. The van der Waals surface area contributed by atoms with Crippen LogP contribution < -0.4 is 4.18 Å². The van der Waals surface area contributed by atoms with Crippen LogP contribution in [-0.4, -0.2) is 72.4 Å². The van der Waals surface area contributed by atoms with Gasteiger partial charge in [0, 0.05) is 17.7 Å². The molecule has 42 heavy (non-hydrogen) atoms. The van der Waals surface area contributed by atoms with Crippen LogP contribution >= 0.6 is 0 Å². The highest BCUT2D eigenvalue weighted by molar-refractivity contribution is 7.92. The first kappa shape index (κ1) is 34.7. The smallest absolute Gasteiger partial charge is 0.443 e. The average molecular weight is 646 g/mol. The summed E-state index contributed by atoms with van der Waals surface area (Å²) < 4.78 is 105. The number of imide groups is 1. The molecular weight excluding hydrogens is 615 g/mol. The van der Waals surface area contributed by atoms with Crippen LogP contribution in [0, 0.1) is 10.1 Å². The Morgan fingerprint density at radius 1 is 1.07 bits per heavy atom. The molecule has 1 aromatic rings. The number of alkyl halides is 3. The van der Waals surface area contributed by atoms with Crippen LogP contribution in [-0.2, 0) is 35.0 Å². The minimum Gasteiger partial charge on any atom is -0.443 e. The molecule has 0 aliphatic carbocycles. The molecule has 0 spiro atoms. The van der Waals surface area contributed by atoms with Gasteiger partial charge >= 0.3 is 27.8 Å². The molecule has 0 fully saturated rings. The van der Waals surface area contributed by atoms with Crippen molar-refractivity contribution >= 4 is 43.7 Å². The summed E-state index contributed by atoms with van der Waals surface area (Å²) >= 11 is 0. The molecule has 2 atom stereocenters. The van der Waals surface area contributed by atoms with Crippen molar-refractivity contribution in [3.05, 3.63) is 33.9 Å². The normalized spacial score (nSPS) is 21.1. The number of amidine groups is 1. The lowest BCUT2D eigenvalue weighted by molar-refractivity contribution is -0.385. The minimum absolute atomic E-state index is 0.195. The Bertz CT molecular complexity index is 1500. The van der Waals surface area contributed by atoms with E-state index in [4.69, 9.17) is 9.47 Å². The van der Waals surface area contributed by atoms with Crippen LogP contribution in [0.25, 0.3) is 0 Å². The Hall–Kier alpha value is -3.48. The summed E-state index contributed by atoms with van der Waals surface area (Å²) in [7, 11) is -10.8. The van der Waals surface area contributed by atoms with Gasteiger partial charge in [-0.25, -0.2) is 18.0 Å². The van der Waals surface area contributed by atoms with Crippen molar-refractivity contribution in [3.8, 4) is 5.75 Å². The number of carbonyl (C=O) groups is 2. The van der Waals surface area contributed by atoms with E-state index in [1.165, 1.54) is 41.5 Å². The second kappa shape index (κ2) is 11.0. The highest BCUT2D eigenvalue weighted by atomic mass is 32.2. The number of amides is 2. The first-order chi connectivity index (χ1) is 18.6. The second-order valence-corrected chi connectivity index (χ2v) is 15.3. The van der Waals surface area contributed by atoms with Crippen LogP contribution in [0.4, 0.5) is 28.4 Å². The molecular formula is C23H30F3N3O11S2. The fourth-order valence-electron chi connectivity index (χ4n) is 3.59. The van der Waals surface area contributed by atoms with Crippen LogP contribution in [0.5, 0.6) is 5.75 Å². The molecule has 0 N–H and O–H groups in total. The summed E-state index contributed by atoms with van der Waals surface area (Å²) in [5.74, 6) is -2.98. The molecule has 0 bridgehead atoms.